The summed E-state index contributed by atoms with van der Waals surface area (Å²) in [6.07, 6.45) is -0.143. The Morgan fingerprint density at radius 1 is 0.738 bits per heavy atom. The maximum Gasteiger partial charge on any atom is 0.304 e. The molecule has 8 N–H and O–H groups in total. The molecule has 1 fully saturated rings. The number of carboxylic acid groups (broad SMARTS) is 7. The van der Waals surface area contributed by atoms with Crippen molar-refractivity contribution in [2.75, 3.05) is 0 Å². The number of allylic oxidation sites excluding steroid dienone is 7. The minimum Gasteiger partial charge on any atom is -0.481 e. The minimum absolute atomic E-state index is 0.000683. The van der Waals surface area contributed by atoms with E-state index in [9.17, 15) is 69.3 Å². The summed E-state index contributed by atoms with van der Waals surface area (Å²) in [6, 6.07) is -1.16. The van der Waals surface area contributed by atoms with E-state index >= 15 is 0 Å². The van der Waals surface area contributed by atoms with E-state index in [1.807, 2.05) is 13.8 Å². The molecule has 5 aliphatic heterocycles. The molecular weight excluding hydrogens is 845 g/mol. The average Bonchev–Trinajstić information content (AvgIpc) is 3.77. The number of nitrogens with zero attached hydrogens (tertiary/aromatic N) is 3. The minimum atomic E-state index is -1.66. The SMILES string of the molecule is C=CC/C1=C2/N/C(=C\C3=NC(=C(CCC(=O)O)C3(C)C)[C@@H](C)C3=N[C@H]([C@H](CC(=O)O)[C@@]3(C)CCC(=O)O)[C@]3(C)N=C1[C@@H](CCC(=O)O)[C@]3(C)CC(=O)O)[C@@H](CCC(=O)O)[C@]2(C)CC(=O)O. The number of fused-ring (bicyclic) bond motifs is 6. The van der Waals surface area contributed by atoms with Crippen LogP contribution in [0.5, 0.6) is 0 Å². The summed E-state index contributed by atoms with van der Waals surface area (Å²) in [7, 11) is 0. The summed E-state index contributed by atoms with van der Waals surface area (Å²) in [4.78, 5) is 104. The van der Waals surface area contributed by atoms with E-state index < -0.39 is 131 Å². The molecule has 0 amide bonds. The molecule has 5 aliphatic rings. The van der Waals surface area contributed by atoms with E-state index in [0.29, 0.717) is 39.7 Å². The second-order valence-electron chi connectivity index (χ2n) is 19.7. The molecule has 0 aromatic heterocycles. The Morgan fingerprint density at radius 3 is 1.83 bits per heavy atom. The molecule has 18 nitrogen and oxygen atoms in total. The van der Waals surface area contributed by atoms with E-state index in [2.05, 4.69) is 11.9 Å². The van der Waals surface area contributed by atoms with E-state index in [0.717, 1.165) is 0 Å². The molecule has 0 aromatic carbocycles. The normalized spacial score (nSPS) is 34.2. The Morgan fingerprint density at radius 2 is 1.31 bits per heavy atom. The first kappa shape index (κ1) is 50.1. The molecule has 354 valence electrons. The van der Waals surface area contributed by atoms with E-state index in [1.165, 1.54) is 0 Å². The van der Waals surface area contributed by atoms with Crippen LogP contribution in [0, 0.1) is 45.3 Å². The van der Waals surface area contributed by atoms with Crippen LogP contribution in [0.1, 0.15) is 126 Å². The number of aliphatic carboxylic acids is 7. The van der Waals surface area contributed by atoms with Gasteiger partial charge >= 0.3 is 41.8 Å². The fourth-order valence-corrected chi connectivity index (χ4v) is 11.9. The molecule has 0 spiro atoms. The van der Waals surface area contributed by atoms with Gasteiger partial charge in [0.25, 0.3) is 0 Å². The highest BCUT2D eigenvalue weighted by Crippen LogP contribution is 2.62. The molecule has 0 unspecified atom stereocenters. The highest BCUT2D eigenvalue weighted by atomic mass is 16.4. The Hall–Kier alpha value is -5.94. The van der Waals surface area contributed by atoms with Crippen LogP contribution in [-0.2, 0) is 33.6 Å². The third-order valence-corrected chi connectivity index (χ3v) is 15.4. The number of aliphatic imine (C=N–C) groups is 3. The summed E-state index contributed by atoms with van der Waals surface area (Å²) in [5, 5.41) is 75.6. The molecule has 8 bridgehead atoms. The first-order valence-electron chi connectivity index (χ1n) is 22.0. The number of hydrogen-bond donors (Lipinski definition) is 8. The van der Waals surface area contributed by atoms with Crippen LogP contribution in [0.15, 0.2) is 61.9 Å². The first-order valence-corrected chi connectivity index (χ1v) is 22.0. The van der Waals surface area contributed by atoms with Crippen LogP contribution in [-0.4, -0.2) is 106 Å². The fourth-order valence-electron chi connectivity index (χ4n) is 11.9. The second kappa shape index (κ2) is 18.1. The second-order valence-corrected chi connectivity index (χ2v) is 19.7. The fraction of sp³-hybridized carbons (Fsp3) is 0.617. The van der Waals surface area contributed by atoms with Crippen molar-refractivity contribution in [1.82, 2.24) is 5.32 Å². The van der Waals surface area contributed by atoms with Crippen molar-refractivity contribution in [1.29, 1.82) is 0 Å². The zero-order chi connectivity index (χ0) is 48.8. The van der Waals surface area contributed by atoms with Crippen molar-refractivity contribution in [3.63, 3.8) is 0 Å². The Bertz CT molecular complexity index is 2290. The number of carbonyl (C=O) groups is 7. The number of carboxylic acids is 7. The van der Waals surface area contributed by atoms with Crippen LogP contribution >= 0.6 is 0 Å². The molecule has 0 saturated carbocycles. The van der Waals surface area contributed by atoms with Crippen LogP contribution in [0.25, 0.3) is 0 Å². The topological polar surface area (TPSA) is 310 Å². The molecule has 5 rings (SSSR count). The molecule has 0 aliphatic carbocycles. The zero-order valence-electron chi connectivity index (χ0n) is 38.1. The molecular formula is C47H62N4O14. The predicted octanol–water partition coefficient (Wildman–Crippen LogP) is 6.48. The molecule has 5 heterocycles. The van der Waals surface area contributed by atoms with Gasteiger partial charge in [0.15, 0.2) is 0 Å². The third-order valence-electron chi connectivity index (χ3n) is 15.4. The largest absolute Gasteiger partial charge is 0.481 e. The lowest BCUT2D eigenvalue weighted by atomic mass is 9.55. The zero-order valence-corrected chi connectivity index (χ0v) is 38.1. The Balaban J connectivity index is 2.06. The number of rotatable bonds is 20. The smallest absolute Gasteiger partial charge is 0.304 e. The monoisotopic (exact) mass is 906 g/mol. The lowest BCUT2D eigenvalue weighted by Gasteiger charge is -2.48. The van der Waals surface area contributed by atoms with E-state index in [1.54, 1.807) is 46.8 Å². The average molecular weight is 907 g/mol. The summed E-state index contributed by atoms with van der Waals surface area (Å²) in [6.45, 7) is 16.3. The van der Waals surface area contributed by atoms with Gasteiger partial charge in [-0.1, -0.05) is 47.6 Å². The molecule has 0 radical (unpaired) electrons. The van der Waals surface area contributed by atoms with Crippen LogP contribution in [0.4, 0.5) is 0 Å². The molecule has 18 heteroatoms. The van der Waals surface area contributed by atoms with Crippen molar-refractivity contribution in [2.24, 2.45) is 60.3 Å². The van der Waals surface area contributed by atoms with Crippen molar-refractivity contribution in [3.05, 3.63) is 47.0 Å². The predicted molar refractivity (Wildman–Crippen MR) is 237 cm³/mol. The van der Waals surface area contributed by atoms with Crippen molar-refractivity contribution in [3.8, 4) is 0 Å². The van der Waals surface area contributed by atoms with Gasteiger partial charge in [-0.15, -0.1) is 6.58 Å². The summed E-state index contributed by atoms with van der Waals surface area (Å²) >= 11 is 0. The lowest BCUT2D eigenvalue weighted by Crippen LogP contribution is -2.55. The summed E-state index contributed by atoms with van der Waals surface area (Å²) in [5.74, 6) is -11.9. The van der Waals surface area contributed by atoms with Crippen molar-refractivity contribution >= 4 is 58.9 Å². The highest BCUT2D eigenvalue weighted by Gasteiger charge is 2.67. The van der Waals surface area contributed by atoms with Crippen LogP contribution in [0.3, 0.4) is 0 Å². The number of nitrogens with one attached hydrogen (secondary N) is 1. The summed E-state index contributed by atoms with van der Waals surface area (Å²) in [5.41, 5.74) is -3.67. The standard InChI is InChI=1S/C47H62N4O14/c1-9-10-24-39-27(13-16-33(56)57)46(7,22-37(64)65)47(8,51-39)42-28(19-35(60)61)44(5,18-17-34(58)59)40(50-42)23(2)38-26(12-15-32(54)55)43(3,4)30(49-38)20-29-25(11-14-31(52)53)45(6,21-36(62)63)41(24)48-29/h9,20,23,25,27-28,42,48H,1,10-19,21-22H2,2-8H3,(H,52,53)(H,54,55)(H,56,57)(H,58,59)(H,60,61)(H,62,63)(H,64,65)/b29-20-,41-24-/t23-,25-,27-,28+,42-,44-,45+,46+,47+/m1/s1. The van der Waals surface area contributed by atoms with Gasteiger partial charge in [0.2, 0.25) is 0 Å². The highest BCUT2D eigenvalue weighted by molar-refractivity contribution is 6.08. The van der Waals surface area contributed by atoms with Gasteiger partial charge in [-0.2, -0.15) is 0 Å². The van der Waals surface area contributed by atoms with Crippen LogP contribution < -0.4 is 5.32 Å². The van der Waals surface area contributed by atoms with Gasteiger partial charge < -0.3 is 41.1 Å². The van der Waals surface area contributed by atoms with E-state index in [4.69, 9.17) is 15.0 Å². The Kier molecular flexibility index (Phi) is 14.0. The Labute approximate surface area is 377 Å². The molecule has 0 aromatic rings. The van der Waals surface area contributed by atoms with Gasteiger partial charge in [0.05, 0.1) is 36.6 Å². The lowest BCUT2D eigenvalue weighted by molar-refractivity contribution is -0.143. The third kappa shape index (κ3) is 9.04. The maximum absolute atomic E-state index is 13.2. The quantitative estimate of drug-likeness (QED) is 0.0607. The van der Waals surface area contributed by atoms with Crippen LogP contribution in [0.2, 0.25) is 0 Å². The summed E-state index contributed by atoms with van der Waals surface area (Å²) < 4.78 is 0. The number of hydrogen-bond acceptors (Lipinski definition) is 11. The molecule has 1 saturated heterocycles. The van der Waals surface area contributed by atoms with E-state index in [-0.39, 0.29) is 50.7 Å². The maximum atomic E-state index is 13.2. The van der Waals surface area contributed by atoms with Crippen molar-refractivity contribution < 1.29 is 69.3 Å². The van der Waals surface area contributed by atoms with Gasteiger partial charge in [-0.25, -0.2) is 0 Å². The first-order chi connectivity index (χ1) is 30.1. The molecule has 65 heavy (non-hydrogen) atoms. The van der Waals surface area contributed by atoms with Gasteiger partial charge in [0, 0.05) is 99.5 Å². The van der Waals surface area contributed by atoms with Gasteiger partial charge in [-0.05, 0) is 56.3 Å². The van der Waals surface area contributed by atoms with Gasteiger partial charge in [0.1, 0.15) is 0 Å². The van der Waals surface area contributed by atoms with Crippen molar-refractivity contribution in [2.45, 2.75) is 137 Å². The van der Waals surface area contributed by atoms with Gasteiger partial charge in [-0.3, -0.25) is 48.5 Å². The molecule has 9 atom stereocenters.